The average Bonchev–Trinajstić information content (AvgIpc) is 3.59. The van der Waals surface area contributed by atoms with Gasteiger partial charge in [0.05, 0.1) is 17.1 Å². The summed E-state index contributed by atoms with van der Waals surface area (Å²) in [6, 6.07) is 60.3. The van der Waals surface area contributed by atoms with Gasteiger partial charge >= 0.3 is 0 Å². The predicted octanol–water partition coefficient (Wildman–Crippen LogP) is 13.0. The normalized spacial score (nSPS) is 12.2. The Morgan fingerprint density at radius 3 is 1.90 bits per heavy atom. The fraction of sp³-hybridized carbons (Fsp3) is 0. The molecule has 0 saturated carbocycles. The molecular formula is C47H28N4S. The average molecular weight is 681 g/mol. The first-order valence-electron chi connectivity index (χ1n) is 17.5. The van der Waals surface area contributed by atoms with E-state index in [-0.39, 0.29) is 0 Å². The van der Waals surface area contributed by atoms with Gasteiger partial charge in [0.2, 0.25) is 0 Å². The van der Waals surface area contributed by atoms with E-state index in [1.54, 1.807) is 11.3 Å². The molecule has 0 unspecified atom stereocenters. The zero-order valence-electron chi connectivity index (χ0n) is 27.9. The van der Waals surface area contributed by atoms with Gasteiger partial charge in [0, 0.05) is 53.2 Å². The number of nitrogens with zero attached hydrogens (tertiary/aromatic N) is 4. The van der Waals surface area contributed by atoms with E-state index in [9.17, 15) is 0 Å². The Morgan fingerprint density at radius 1 is 0.365 bits per heavy atom. The highest BCUT2D eigenvalue weighted by Gasteiger charge is 2.27. The molecule has 1 aliphatic heterocycles. The van der Waals surface area contributed by atoms with Gasteiger partial charge in [-0.15, -0.1) is 11.3 Å². The van der Waals surface area contributed by atoms with Crippen LogP contribution in [-0.2, 0) is 0 Å². The summed E-state index contributed by atoms with van der Waals surface area (Å²) in [4.78, 5) is 17.9. The maximum atomic E-state index is 5.22. The molecule has 0 aliphatic carbocycles. The highest BCUT2D eigenvalue weighted by atomic mass is 32.1. The van der Waals surface area contributed by atoms with E-state index < -0.39 is 0 Å². The standard InChI is InChI=1S/C47H28N4S/c1-2-12-30(13-3-1)45-48-46(31-26-27-36-35-17-5-7-25-42(35)52-43(36)28-31)50-47(49-45)38-21-10-19-33-32(38)18-11-23-40(33)51-39-22-6-4-16-34(39)37-20-8-14-29-15-9-24-41(51)44(29)37/h1-28H. The topological polar surface area (TPSA) is 41.9 Å². The number of aromatic nitrogens is 3. The molecule has 10 aromatic rings. The molecule has 242 valence electrons. The lowest BCUT2D eigenvalue weighted by atomic mass is 9.90. The third-order valence-electron chi connectivity index (χ3n) is 10.2. The van der Waals surface area contributed by atoms with Crippen LogP contribution < -0.4 is 4.90 Å². The van der Waals surface area contributed by atoms with Gasteiger partial charge in [-0.3, -0.25) is 0 Å². The number of anilines is 3. The van der Waals surface area contributed by atoms with E-state index in [1.807, 2.05) is 18.2 Å². The van der Waals surface area contributed by atoms with Crippen molar-refractivity contribution in [1.82, 2.24) is 15.0 Å². The van der Waals surface area contributed by atoms with Gasteiger partial charge in [-0.05, 0) is 46.7 Å². The lowest BCUT2D eigenvalue weighted by molar-refractivity contribution is 1.08. The molecule has 0 spiro atoms. The molecule has 52 heavy (non-hydrogen) atoms. The number of rotatable bonds is 4. The minimum atomic E-state index is 0.648. The van der Waals surface area contributed by atoms with Crippen LogP contribution in [0.2, 0.25) is 0 Å². The van der Waals surface area contributed by atoms with E-state index in [4.69, 9.17) is 15.0 Å². The Morgan fingerprint density at radius 2 is 0.981 bits per heavy atom. The molecule has 0 bridgehead atoms. The molecule has 11 rings (SSSR count). The van der Waals surface area contributed by atoms with Crippen molar-refractivity contribution in [3.05, 3.63) is 170 Å². The molecule has 0 amide bonds. The second kappa shape index (κ2) is 11.4. The Hall–Kier alpha value is -6.69. The van der Waals surface area contributed by atoms with Gasteiger partial charge in [0.15, 0.2) is 17.5 Å². The lowest BCUT2D eigenvalue weighted by Gasteiger charge is -2.34. The van der Waals surface area contributed by atoms with Gasteiger partial charge in [0.25, 0.3) is 0 Å². The van der Waals surface area contributed by atoms with E-state index >= 15 is 0 Å². The molecule has 8 aromatic carbocycles. The summed E-state index contributed by atoms with van der Waals surface area (Å²) in [5, 5.41) is 7.23. The van der Waals surface area contributed by atoms with Crippen molar-refractivity contribution in [1.29, 1.82) is 0 Å². The summed E-state index contributed by atoms with van der Waals surface area (Å²) in [7, 11) is 0. The van der Waals surface area contributed by atoms with Crippen LogP contribution in [0.25, 0.3) is 87.0 Å². The number of fused-ring (bicyclic) bond motifs is 6. The van der Waals surface area contributed by atoms with Crippen LogP contribution >= 0.6 is 11.3 Å². The summed E-state index contributed by atoms with van der Waals surface area (Å²) in [6.07, 6.45) is 0. The van der Waals surface area contributed by atoms with Crippen molar-refractivity contribution in [2.45, 2.75) is 0 Å². The summed E-state index contributed by atoms with van der Waals surface area (Å²) < 4.78 is 2.49. The third kappa shape index (κ3) is 4.43. The Labute approximate surface area is 303 Å². The summed E-state index contributed by atoms with van der Waals surface area (Å²) in [6.45, 7) is 0. The van der Waals surface area contributed by atoms with Crippen molar-refractivity contribution in [3.8, 4) is 45.3 Å². The molecule has 1 aliphatic rings. The molecule has 0 fully saturated rings. The summed E-state index contributed by atoms with van der Waals surface area (Å²) in [5.74, 6) is 1.96. The zero-order valence-corrected chi connectivity index (χ0v) is 28.7. The van der Waals surface area contributed by atoms with Crippen LogP contribution in [0.5, 0.6) is 0 Å². The van der Waals surface area contributed by atoms with Crippen LogP contribution in [-0.4, -0.2) is 15.0 Å². The van der Waals surface area contributed by atoms with Crippen molar-refractivity contribution in [3.63, 3.8) is 0 Å². The van der Waals surface area contributed by atoms with Crippen molar-refractivity contribution >= 4 is 70.1 Å². The monoisotopic (exact) mass is 680 g/mol. The van der Waals surface area contributed by atoms with E-state index in [1.165, 1.54) is 47.8 Å². The van der Waals surface area contributed by atoms with E-state index in [2.05, 4.69) is 157 Å². The fourth-order valence-corrected chi connectivity index (χ4v) is 9.05. The van der Waals surface area contributed by atoms with Crippen LogP contribution in [0.15, 0.2) is 170 Å². The highest BCUT2D eigenvalue weighted by Crippen LogP contribution is 2.52. The van der Waals surface area contributed by atoms with Crippen LogP contribution in [0.4, 0.5) is 17.1 Å². The first-order valence-corrected chi connectivity index (χ1v) is 18.3. The second-order valence-corrected chi connectivity index (χ2v) is 14.3. The quantitative estimate of drug-likeness (QED) is 0.186. The Kier molecular flexibility index (Phi) is 6.39. The number of benzene rings is 8. The van der Waals surface area contributed by atoms with Crippen LogP contribution in [0.3, 0.4) is 0 Å². The Balaban J connectivity index is 1.13. The maximum absolute atomic E-state index is 5.22. The SMILES string of the molecule is c1ccc(-c2nc(-c3ccc4c(c3)sc3ccccc34)nc(-c3cccc4c(N5c6ccccc6-c6cccc7cccc5c67)cccc34)n2)cc1. The van der Waals surface area contributed by atoms with E-state index in [0.29, 0.717) is 17.5 Å². The molecule has 0 N–H and O–H groups in total. The van der Waals surface area contributed by atoms with Gasteiger partial charge < -0.3 is 4.90 Å². The minimum absolute atomic E-state index is 0.648. The number of hydrogen-bond acceptors (Lipinski definition) is 5. The Bertz CT molecular complexity index is 3030. The zero-order chi connectivity index (χ0) is 34.2. The number of thiophene rings is 1. The summed E-state index contributed by atoms with van der Waals surface area (Å²) >= 11 is 1.80. The van der Waals surface area contributed by atoms with Crippen molar-refractivity contribution in [2.75, 3.05) is 4.90 Å². The number of para-hydroxylation sites is 1. The second-order valence-electron chi connectivity index (χ2n) is 13.2. The van der Waals surface area contributed by atoms with Gasteiger partial charge in [0.1, 0.15) is 0 Å². The fourth-order valence-electron chi connectivity index (χ4n) is 7.91. The third-order valence-corrected chi connectivity index (χ3v) is 11.4. The smallest absolute Gasteiger partial charge is 0.164 e. The molecule has 5 heteroatoms. The van der Waals surface area contributed by atoms with E-state index in [0.717, 1.165) is 38.8 Å². The maximum Gasteiger partial charge on any atom is 0.164 e. The van der Waals surface area contributed by atoms with Gasteiger partial charge in [-0.25, -0.2) is 15.0 Å². The molecule has 3 heterocycles. The van der Waals surface area contributed by atoms with Gasteiger partial charge in [-0.2, -0.15) is 0 Å². The summed E-state index contributed by atoms with van der Waals surface area (Å²) in [5.41, 5.74) is 8.83. The molecule has 0 atom stereocenters. The van der Waals surface area contributed by atoms with Crippen LogP contribution in [0.1, 0.15) is 0 Å². The first kappa shape index (κ1) is 29.1. The van der Waals surface area contributed by atoms with Crippen molar-refractivity contribution in [2.24, 2.45) is 0 Å². The van der Waals surface area contributed by atoms with Crippen molar-refractivity contribution < 1.29 is 0 Å². The highest BCUT2D eigenvalue weighted by molar-refractivity contribution is 7.25. The minimum Gasteiger partial charge on any atom is -0.309 e. The lowest BCUT2D eigenvalue weighted by Crippen LogP contribution is -2.15. The first-order chi connectivity index (χ1) is 25.8. The van der Waals surface area contributed by atoms with Gasteiger partial charge in [-0.1, -0.05) is 140 Å². The molecule has 4 nitrogen and oxygen atoms in total. The molecule has 0 saturated heterocycles. The number of hydrogen-bond donors (Lipinski definition) is 0. The predicted molar refractivity (Wildman–Crippen MR) is 218 cm³/mol. The van der Waals surface area contributed by atoms with Crippen LogP contribution in [0, 0.1) is 0 Å². The largest absolute Gasteiger partial charge is 0.309 e. The molecular weight excluding hydrogens is 653 g/mol. The molecule has 2 aromatic heterocycles. The molecule has 0 radical (unpaired) electrons.